The number of aldehydes is 1. The molecule has 0 saturated carbocycles. The number of fused-ring (bicyclic) bond motifs is 1. The maximum Gasteiger partial charge on any atom is 0.355 e. The zero-order valence-electron chi connectivity index (χ0n) is 12.0. The van der Waals surface area contributed by atoms with Crippen LogP contribution < -0.4 is 9.47 Å². The van der Waals surface area contributed by atoms with Gasteiger partial charge in [-0.3, -0.25) is 4.79 Å². The molecule has 0 saturated heterocycles. The highest BCUT2D eigenvalue weighted by atomic mass is 35.5. The minimum atomic E-state index is -0.621. The van der Waals surface area contributed by atoms with E-state index in [1.54, 1.807) is 18.2 Å². The number of methoxy groups -OCH3 is 1. The molecule has 0 unspecified atom stereocenters. The van der Waals surface area contributed by atoms with Gasteiger partial charge < -0.3 is 9.47 Å². The van der Waals surface area contributed by atoms with Gasteiger partial charge in [-0.1, -0.05) is 35.9 Å². The van der Waals surface area contributed by atoms with Crippen LogP contribution in [0.5, 0.6) is 11.5 Å². The summed E-state index contributed by atoms with van der Waals surface area (Å²) in [5.41, 5.74) is 0.231. The number of para-hydroxylation sites is 1. The maximum atomic E-state index is 12.5. The van der Waals surface area contributed by atoms with E-state index in [1.165, 1.54) is 18.4 Å². The number of ether oxygens (including phenoxy) is 2. The second kappa shape index (κ2) is 6.40. The van der Waals surface area contributed by atoms with Gasteiger partial charge in [-0.2, -0.15) is 0 Å². The van der Waals surface area contributed by atoms with E-state index in [0.717, 1.165) is 10.1 Å². The predicted molar refractivity (Wildman–Crippen MR) is 90.2 cm³/mol. The number of hydrogen-bond donors (Lipinski definition) is 0. The molecule has 0 atom stereocenters. The summed E-state index contributed by atoms with van der Waals surface area (Å²) in [5, 5.41) is 1.14. The Kier molecular flexibility index (Phi) is 4.32. The monoisotopic (exact) mass is 346 g/mol. The Labute approximate surface area is 141 Å². The molecule has 0 aliphatic heterocycles. The summed E-state index contributed by atoms with van der Waals surface area (Å²) in [6.45, 7) is 0. The Morgan fingerprint density at radius 3 is 2.65 bits per heavy atom. The third kappa shape index (κ3) is 2.81. The molecular formula is C17H11ClO4S. The lowest BCUT2D eigenvalue weighted by molar-refractivity contribution is 0.0733. The molecule has 3 aromatic rings. The topological polar surface area (TPSA) is 52.6 Å². The molecule has 0 fully saturated rings. The third-order valence-electron chi connectivity index (χ3n) is 3.27. The van der Waals surface area contributed by atoms with Gasteiger partial charge in [0.25, 0.3) is 0 Å². The van der Waals surface area contributed by atoms with E-state index in [1.807, 2.05) is 24.3 Å². The Morgan fingerprint density at radius 1 is 1.17 bits per heavy atom. The quantitative estimate of drug-likeness (QED) is 0.394. The number of hydrogen-bond acceptors (Lipinski definition) is 5. The van der Waals surface area contributed by atoms with Crippen molar-refractivity contribution in [1.82, 2.24) is 0 Å². The number of esters is 1. The number of carbonyl (C=O) groups excluding carboxylic acids is 2. The first-order valence-corrected chi connectivity index (χ1v) is 7.86. The Hall–Kier alpha value is -2.37. The van der Waals surface area contributed by atoms with E-state index in [0.29, 0.717) is 17.1 Å². The summed E-state index contributed by atoms with van der Waals surface area (Å²) < 4.78 is 11.4. The zero-order valence-corrected chi connectivity index (χ0v) is 13.6. The summed E-state index contributed by atoms with van der Waals surface area (Å²) in [6.07, 6.45) is 0.609. The van der Waals surface area contributed by atoms with E-state index >= 15 is 0 Å². The lowest BCUT2D eigenvalue weighted by atomic mass is 10.2. The molecule has 116 valence electrons. The fourth-order valence-corrected chi connectivity index (χ4v) is 3.56. The van der Waals surface area contributed by atoms with Gasteiger partial charge in [-0.05, 0) is 18.2 Å². The van der Waals surface area contributed by atoms with Crippen LogP contribution in [0.15, 0.2) is 42.5 Å². The van der Waals surface area contributed by atoms with Gasteiger partial charge in [0.2, 0.25) is 0 Å². The van der Waals surface area contributed by atoms with Crippen molar-refractivity contribution >= 4 is 45.3 Å². The fourth-order valence-electron chi connectivity index (χ4n) is 2.18. The fraction of sp³-hybridized carbons (Fsp3) is 0.0588. The molecule has 1 heterocycles. The molecule has 6 heteroatoms. The second-order valence-corrected chi connectivity index (χ2v) is 6.06. The Balaban J connectivity index is 2.01. The first kappa shape index (κ1) is 15.5. The zero-order chi connectivity index (χ0) is 16.4. The standard InChI is InChI=1S/C17H11ClO4S/c1-21-12-7-4-5-10(9-19)15(12)22-17(20)16-14(18)11-6-2-3-8-13(11)23-16/h2-9H,1H3. The highest BCUT2D eigenvalue weighted by molar-refractivity contribution is 7.21. The molecular weight excluding hydrogens is 336 g/mol. The number of halogens is 1. The largest absolute Gasteiger partial charge is 0.493 e. The van der Waals surface area contributed by atoms with Crippen LogP contribution in [0.4, 0.5) is 0 Å². The van der Waals surface area contributed by atoms with Gasteiger partial charge in [0.05, 0.1) is 17.7 Å². The van der Waals surface area contributed by atoms with Crippen molar-refractivity contribution < 1.29 is 19.1 Å². The van der Waals surface area contributed by atoms with Gasteiger partial charge >= 0.3 is 5.97 Å². The number of benzene rings is 2. The van der Waals surface area contributed by atoms with Crippen molar-refractivity contribution in [2.75, 3.05) is 7.11 Å². The van der Waals surface area contributed by atoms with E-state index in [-0.39, 0.29) is 16.2 Å². The lowest BCUT2D eigenvalue weighted by Crippen LogP contribution is -2.09. The molecule has 0 N–H and O–H groups in total. The van der Waals surface area contributed by atoms with E-state index < -0.39 is 5.97 Å². The molecule has 4 nitrogen and oxygen atoms in total. The second-order valence-electron chi connectivity index (χ2n) is 4.63. The molecule has 0 spiro atoms. The van der Waals surface area contributed by atoms with Gasteiger partial charge in [-0.15, -0.1) is 11.3 Å². The molecule has 2 aromatic carbocycles. The van der Waals surface area contributed by atoms with Crippen LogP contribution >= 0.6 is 22.9 Å². The highest BCUT2D eigenvalue weighted by Gasteiger charge is 2.21. The number of carbonyl (C=O) groups is 2. The predicted octanol–water partition coefficient (Wildman–Crippen LogP) is 4.60. The van der Waals surface area contributed by atoms with Crippen molar-refractivity contribution in [2.24, 2.45) is 0 Å². The average Bonchev–Trinajstić information content (AvgIpc) is 2.92. The normalized spacial score (nSPS) is 10.5. The van der Waals surface area contributed by atoms with Crippen LogP contribution in [-0.4, -0.2) is 19.4 Å². The third-order valence-corrected chi connectivity index (χ3v) is 4.93. The summed E-state index contributed by atoms with van der Waals surface area (Å²) in [4.78, 5) is 23.9. The van der Waals surface area contributed by atoms with Crippen LogP contribution in [0, 0.1) is 0 Å². The van der Waals surface area contributed by atoms with Crippen molar-refractivity contribution in [2.45, 2.75) is 0 Å². The van der Waals surface area contributed by atoms with Crippen LogP contribution in [-0.2, 0) is 0 Å². The molecule has 3 rings (SSSR count). The smallest absolute Gasteiger partial charge is 0.355 e. The van der Waals surface area contributed by atoms with Gasteiger partial charge in [-0.25, -0.2) is 4.79 Å². The van der Waals surface area contributed by atoms with Gasteiger partial charge in [0.1, 0.15) is 4.88 Å². The average molecular weight is 347 g/mol. The molecule has 0 amide bonds. The molecule has 23 heavy (non-hydrogen) atoms. The van der Waals surface area contributed by atoms with Crippen LogP contribution in [0.2, 0.25) is 5.02 Å². The minimum absolute atomic E-state index is 0.0866. The first-order valence-electron chi connectivity index (χ1n) is 6.67. The molecule has 1 aromatic heterocycles. The number of rotatable bonds is 4. The van der Waals surface area contributed by atoms with Crippen LogP contribution in [0.25, 0.3) is 10.1 Å². The van der Waals surface area contributed by atoms with Crippen molar-refractivity contribution in [3.8, 4) is 11.5 Å². The van der Waals surface area contributed by atoms with Crippen molar-refractivity contribution in [3.05, 3.63) is 57.9 Å². The lowest BCUT2D eigenvalue weighted by Gasteiger charge is -2.10. The molecule has 0 aliphatic carbocycles. The SMILES string of the molecule is COc1cccc(C=O)c1OC(=O)c1sc2ccccc2c1Cl. The van der Waals surface area contributed by atoms with Crippen molar-refractivity contribution in [1.29, 1.82) is 0 Å². The van der Waals surface area contributed by atoms with E-state index in [2.05, 4.69) is 0 Å². The summed E-state index contributed by atoms with van der Waals surface area (Å²) >= 11 is 7.52. The van der Waals surface area contributed by atoms with E-state index in [4.69, 9.17) is 21.1 Å². The summed E-state index contributed by atoms with van der Waals surface area (Å²) in [7, 11) is 1.44. The van der Waals surface area contributed by atoms with Crippen LogP contribution in [0.1, 0.15) is 20.0 Å². The maximum absolute atomic E-state index is 12.5. The van der Waals surface area contributed by atoms with Crippen molar-refractivity contribution in [3.63, 3.8) is 0 Å². The molecule has 0 aliphatic rings. The van der Waals surface area contributed by atoms with Crippen LogP contribution in [0.3, 0.4) is 0 Å². The number of thiophene rings is 1. The highest BCUT2D eigenvalue weighted by Crippen LogP contribution is 2.37. The summed E-state index contributed by atoms with van der Waals surface area (Å²) in [5.74, 6) is -0.229. The Bertz CT molecular complexity index is 901. The Morgan fingerprint density at radius 2 is 1.96 bits per heavy atom. The first-order chi connectivity index (χ1) is 11.2. The molecule has 0 radical (unpaired) electrons. The van der Waals surface area contributed by atoms with Gasteiger partial charge in [0, 0.05) is 10.1 Å². The minimum Gasteiger partial charge on any atom is -0.493 e. The van der Waals surface area contributed by atoms with Gasteiger partial charge in [0.15, 0.2) is 17.8 Å². The summed E-state index contributed by atoms with van der Waals surface area (Å²) in [6, 6.07) is 12.2. The van der Waals surface area contributed by atoms with E-state index in [9.17, 15) is 9.59 Å². The molecule has 0 bridgehead atoms.